The average Bonchev–Trinajstić information content (AvgIpc) is 2.01. The van der Waals surface area contributed by atoms with Crippen molar-refractivity contribution in [1.29, 1.82) is 0 Å². The molecule has 1 rings (SSSR count). The third kappa shape index (κ3) is 2.71. The van der Waals surface area contributed by atoms with E-state index in [1.165, 1.54) is 19.1 Å². The highest BCUT2D eigenvalue weighted by atomic mass is 32.2. The number of hydrogen-bond acceptors (Lipinski definition) is 4. The van der Waals surface area contributed by atoms with E-state index in [4.69, 9.17) is 10.8 Å². The van der Waals surface area contributed by atoms with Crippen LogP contribution in [0.2, 0.25) is 0 Å². The Hall–Kier alpha value is -1.07. The second-order valence-electron chi connectivity index (χ2n) is 3.20. The number of benzene rings is 1. The molecule has 0 heterocycles. The Balaban J connectivity index is 3.05. The monoisotopic (exact) mass is 215 g/mol. The molecule has 78 valence electrons. The summed E-state index contributed by atoms with van der Waals surface area (Å²) < 4.78 is 23.2. The van der Waals surface area contributed by atoms with E-state index in [-0.39, 0.29) is 10.6 Å². The van der Waals surface area contributed by atoms with Gasteiger partial charge in [0.05, 0.1) is 16.8 Å². The zero-order valence-corrected chi connectivity index (χ0v) is 8.66. The summed E-state index contributed by atoms with van der Waals surface area (Å²) in [5, 5.41) is 9.01. The largest absolute Gasteiger partial charge is 0.399 e. The average molecular weight is 215 g/mol. The van der Waals surface area contributed by atoms with Crippen LogP contribution in [0.5, 0.6) is 0 Å². The normalized spacial score (nSPS) is 13.9. The van der Waals surface area contributed by atoms with Crippen molar-refractivity contribution in [3.63, 3.8) is 0 Å². The van der Waals surface area contributed by atoms with Gasteiger partial charge < -0.3 is 10.8 Å². The molecular weight excluding hydrogens is 202 g/mol. The van der Waals surface area contributed by atoms with Crippen LogP contribution in [0.15, 0.2) is 29.2 Å². The van der Waals surface area contributed by atoms with Crippen molar-refractivity contribution in [2.45, 2.75) is 17.9 Å². The van der Waals surface area contributed by atoms with Crippen LogP contribution in [0, 0.1) is 0 Å². The lowest BCUT2D eigenvalue weighted by molar-refractivity contribution is 0.218. The molecule has 0 amide bonds. The second-order valence-corrected chi connectivity index (χ2v) is 5.24. The van der Waals surface area contributed by atoms with Crippen molar-refractivity contribution in [2.75, 3.05) is 11.5 Å². The van der Waals surface area contributed by atoms with Gasteiger partial charge >= 0.3 is 0 Å². The van der Waals surface area contributed by atoms with Gasteiger partial charge in [0, 0.05) is 5.69 Å². The number of aliphatic hydroxyl groups is 1. The molecule has 0 aliphatic rings. The summed E-state index contributed by atoms with van der Waals surface area (Å²) in [6.45, 7) is 1.43. The minimum atomic E-state index is -3.41. The fourth-order valence-electron chi connectivity index (χ4n) is 1.12. The van der Waals surface area contributed by atoms with E-state index in [2.05, 4.69) is 0 Å². The minimum Gasteiger partial charge on any atom is -0.399 e. The van der Waals surface area contributed by atoms with Crippen molar-refractivity contribution < 1.29 is 13.5 Å². The van der Waals surface area contributed by atoms with Crippen LogP contribution in [-0.4, -0.2) is 25.4 Å². The fraction of sp³-hybridized carbons (Fsp3) is 0.333. The summed E-state index contributed by atoms with van der Waals surface area (Å²) in [6, 6.07) is 6.04. The molecule has 0 aromatic heterocycles. The van der Waals surface area contributed by atoms with E-state index in [0.717, 1.165) is 0 Å². The van der Waals surface area contributed by atoms with Crippen LogP contribution >= 0.6 is 0 Å². The van der Waals surface area contributed by atoms with Crippen LogP contribution < -0.4 is 5.73 Å². The molecule has 0 saturated heterocycles. The van der Waals surface area contributed by atoms with E-state index in [1.807, 2.05) is 0 Å². The molecule has 0 saturated carbocycles. The van der Waals surface area contributed by atoms with Gasteiger partial charge in [-0.3, -0.25) is 0 Å². The van der Waals surface area contributed by atoms with Crippen molar-refractivity contribution in [3.05, 3.63) is 24.3 Å². The Morgan fingerprint density at radius 2 is 2.14 bits per heavy atom. The Kier molecular flexibility index (Phi) is 3.13. The number of hydrogen-bond donors (Lipinski definition) is 2. The maximum Gasteiger partial charge on any atom is 0.180 e. The van der Waals surface area contributed by atoms with E-state index in [0.29, 0.717) is 5.69 Å². The van der Waals surface area contributed by atoms with Crippen LogP contribution in [0.4, 0.5) is 5.69 Å². The topological polar surface area (TPSA) is 80.4 Å². The van der Waals surface area contributed by atoms with E-state index >= 15 is 0 Å². The first-order valence-electron chi connectivity index (χ1n) is 4.18. The molecule has 0 bridgehead atoms. The molecule has 4 nitrogen and oxygen atoms in total. The molecule has 0 aliphatic heterocycles. The molecule has 0 fully saturated rings. The SMILES string of the molecule is CC(O)CS(=O)(=O)c1cccc(N)c1. The molecule has 0 spiro atoms. The first-order valence-corrected chi connectivity index (χ1v) is 5.83. The van der Waals surface area contributed by atoms with E-state index in [1.54, 1.807) is 12.1 Å². The van der Waals surface area contributed by atoms with Crippen LogP contribution in [0.3, 0.4) is 0 Å². The Labute approximate surface area is 83.3 Å². The predicted molar refractivity (Wildman–Crippen MR) is 54.6 cm³/mol. The zero-order valence-electron chi connectivity index (χ0n) is 7.84. The predicted octanol–water partition coefficient (Wildman–Crippen LogP) is 0.423. The summed E-state index contributed by atoms with van der Waals surface area (Å²) in [7, 11) is -3.41. The number of sulfone groups is 1. The maximum absolute atomic E-state index is 11.6. The van der Waals surface area contributed by atoms with Crippen molar-refractivity contribution in [1.82, 2.24) is 0 Å². The third-order valence-electron chi connectivity index (χ3n) is 1.68. The fourth-order valence-corrected chi connectivity index (χ4v) is 2.55. The minimum absolute atomic E-state index is 0.151. The summed E-state index contributed by atoms with van der Waals surface area (Å²) in [5.41, 5.74) is 5.86. The molecule has 1 atom stereocenters. The van der Waals surface area contributed by atoms with Crippen LogP contribution in [0.25, 0.3) is 0 Å². The van der Waals surface area contributed by atoms with Crippen LogP contribution in [-0.2, 0) is 9.84 Å². The molecule has 5 heteroatoms. The van der Waals surface area contributed by atoms with Crippen molar-refractivity contribution >= 4 is 15.5 Å². The molecule has 14 heavy (non-hydrogen) atoms. The molecular formula is C9H13NO3S. The number of nitrogens with two attached hydrogens (primary N) is 1. The third-order valence-corrected chi connectivity index (χ3v) is 3.57. The highest BCUT2D eigenvalue weighted by Crippen LogP contribution is 2.15. The van der Waals surface area contributed by atoms with Gasteiger partial charge in [0.2, 0.25) is 0 Å². The zero-order chi connectivity index (χ0) is 10.8. The van der Waals surface area contributed by atoms with Gasteiger partial charge in [0.1, 0.15) is 0 Å². The molecule has 3 N–H and O–H groups in total. The quantitative estimate of drug-likeness (QED) is 0.716. The van der Waals surface area contributed by atoms with Gasteiger partial charge in [-0.05, 0) is 25.1 Å². The summed E-state index contributed by atoms with van der Waals surface area (Å²) >= 11 is 0. The Morgan fingerprint density at radius 1 is 1.50 bits per heavy atom. The van der Waals surface area contributed by atoms with E-state index in [9.17, 15) is 8.42 Å². The molecule has 1 unspecified atom stereocenters. The lowest BCUT2D eigenvalue weighted by Gasteiger charge is -2.06. The lowest BCUT2D eigenvalue weighted by atomic mass is 10.3. The van der Waals surface area contributed by atoms with Gasteiger partial charge in [-0.25, -0.2) is 8.42 Å². The van der Waals surface area contributed by atoms with Crippen molar-refractivity contribution in [2.24, 2.45) is 0 Å². The Bertz CT molecular complexity index is 412. The van der Waals surface area contributed by atoms with Crippen molar-refractivity contribution in [3.8, 4) is 0 Å². The summed E-state index contributed by atoms with van der Waals surface area (Å²) in [4.78, 5) is 0.151. The van der Waals surface area contributed by atoms with Gasteiger partial charge in [0.15, 0.2) is 9.84 Å². The highest BCUT2D eigenvalue weighted by Gasteiger charge is 2.16. The Morgan fingerprint density at radius 3 is 2.64 bits per heavy atom. The van der Waals surface area contributed by atoms with Gasteiger partial charge in [-0.2, -0.15) is 0 Å². The maximum atomic E-state index is 11.6. The molecule has 1 aromatic rings. The number of anilines is 1. The molecule has 0 radical (unpaired) electrons. The highest BCUT2D eigenvalue weighted by molar-refractivity contribution is 7.91. The van der Waals surface area contributed by atoms with E-state index < -0.39 is 15.9 Å². The number of rotatable bonds is 3. The summed E-state index contributed by atoms with van der Waals surface area (Å²) in [6.07, 6.45) is -0.874. The number of aliphatic hydroxyl groups excluding tert-OH is 1. The number of nitrogen functional groups attached to an aromatic ring is 1. The van der Waals surface area contributed by atoms with Crippen LogP contribution in [0.1, 0.15) is 6.92 Å². The standard InChI is InChI=1S/C9H13NO3S/c1-7(11)6-14(12,13)9-4-2-3-8(10)5-9/h2-5,7,11H,6,10H2,1H3. The second kappa shape index (κ2) is 3.98. The van der Waals surface area contributed by atoms with Gasteiger partial charge in [-0.1, -0.05) is 6.07 Å². The molecule has 1 aromatic carbocycles. The molecule has 0 aliphatic carbocycles. The first-order chi connectivity index (χ1) is 6.42. The summed E-state index contributed by atoms with van der Waals surface area (Å²) in [5.74, 6) is -0.281. The van der Waals surface area contributed by atoms with Gasteiger partial charge in [-0.15, -0.1) is 0 Å². The smallest absolute Gasteiger partial charge is 0.180 e. The first kappa shape index (κ1) is 11.0. The van der Waals surface area contributed by atoms with Gasteiger partial charge in [0.25, 0.3) is 0 Å². The lowest BCUT2D eigenvalue weighted by Crippen LogP contribution is -2.17.